The molecule has 0 saturated carbocycles. The van der Waals surface area contributed by atoms with Gasteiger partial charge in [-0.3, -0.25) is 4.79 Å². The van der Waals surface area contributed by atoms with E-state index in [4.69, 9.17) is 4.74 Å². The molecule has 0 bridgehead atoms. The number of hydrogen-bond acceptors (Lipinski definition) is 5. The number of amides is 1. The number of carbonyl (C=O) groups is 1. The Hall–Kier alpha value is -2.86. The molecular formula is C18H15N3O2S. The summed E-state index contributed by atoms with van der Waals surface area (Å²) in [7, 11) is 0. The number of nitrogens with one attached hydrogen (secondary N) is 1. The maximum absolute atomic E-state index is 12.1. The smallest absolute Gasteiger partial charge is 0.234 e. The van der Waals surface area contributed by atoms with Gasteiger partial charge < -0.3 is 10.1 Å². The average molecular weight is 337 g/mol. The fourth-order valence-corrected chi connectivity index (χ4v) is 2.55. The maximum Gasteiger partial charge on any atom is 0.234 e. The third-order valence-corrected chi connectivity index (χ3v) is 3.88. The van der Waals surface area contributed by atoms with Crippen molar-refractivity contribution in [2.45, 2.75) is 5.16 Å². The predicted octanol–water partition coefficient (Wildman–Crippen LogP) is 4.00. The zero-order valence-corrected chi connectivity index (χ0v) is 13.6. The molecule has 0 atom stereocenters. The Balaban J connectivity index is 1.63. The summed E-state index contributed by atoms with van der Waals surface area (Å²) in [5, 5.41) is 3.43. The van der Waals surface area contributed by atoms with E-state index < -0.39 is 0 Å². The van der Waals surface area contributed by atoms with E-state index in [9.17, 15) is 4.79 Å². The van der Waals surface area contributed by atoms with Gasteiger partial charge in [-0.05, 0) is 30.3 Å². The predicted molar refractivity (Wildman–Crippen MR) is 94.3 cm³/mol. The molecule has 0 aliphatic heterocycles. The molecule has 120 valence electrons. The average Bonchev–Trinajstić information content (AvgIpc) is 2.63. The number of thioether (sulfide) groups is 1. The van der Waals surface area contributed by atoms with Gasteiger partial charge >= 0.3 is 0 Å². The molecule has 0 unspecified atom stereocenters. The minimum Gasteiger partial charge on any atom is -0.455 e. The standard InChI is InChI=1S/C18H15N3O2S/c22-17(13-24-18-19-11-6-12-20-18)21-15-9-4-5-10-16(15)23-14-7-2-1-3-8-14/h1-12H,13H2,(H,21,22). The lowest BCUT2D eigenvalue weighted by atomic mass is 10.3. The highest BCUT2D eigenvalue weighted by Gasteiger charge is 2.09. The zero-order valence-electron chi connectivity index (χ0n) is 12.8. The van der Waals surface area contributed by atoms with Gasteiger partial charge in [-0.15, -0.1) is 0 Å². The van der Waals surface area contributed by atoms with Gasteiger partial charge in [0.15, 0.2) is 10.9 Å². The minimum absolute atomic E-state index is 0.142. The van der Waals surface area contributed by atoms with Crippen molar-refractivity contribution in [2.75, 3.05) is 11.1 Å². The van der Waals surface area contributed by atoms with E-state index in [0.29, 0.717) is 22.3 Å². The lowest BCUT2D eigenvalue weighted by Crippen LogP contribution is -2.14. The molecule has 5 nitrogen and oxygen atoms in total. The number of nitrogens with zero attached hydrogens (tertiary/aromatic N) is 2. The fraction of sp³-hybridized carbons (Fsp3) is 0.0556. The van der Waals surface area contributed by atoms with Crippen molar-refractivity contribution in [1.82, 2.24) is 9.97 Å². The van der Waals surface area contributed by atoms with Gasteiger partial charge in [0, 0.05) is 12.4 Å². The van der Waals surface area contributed by atoms with Crippen LogP contribution in [-0.4, -0.2) is 21.6 Å². The lowest BCUT2D eigenvalue weighted by molar-refractivity contribution is -0.113. The van der Waals surface area contributed by atoms with E-state index in [2.05, 4.69) is 15.3 Å². The molecule has 3 aromatic rings. The third kappa shape index (κ3) is 4.57. The van der Waals surface area contributed by atoms with E-state index >= 15 is 0 Å². The van der Waals surface area contributed by atoms with Crippen LogP contribution < -0.4 is 10.1 Å². The number of aromatic nitrogens is 2. The normalized spacial score (nSPS) is 10.2. The van der Waals surface area contributed by atoms with Gasteiger partial charge in [0.25, 0.3) is 0 Å². The van der Waals surface area contributed by atoms with Crippen molar-refractivity contribution in [3.63, 3.8) is 0 Å². The monoisotopic (exact) mass is 337 g/mol. The molecule has 1 aromatic heterocycles. The van der Waals surface area contributed by atoms with Gasteiger partial charge in [0.1, 0.15) is 5.75 Å². The van der Waals surface area contributed by atoms with Crippen LogP contribution in [0.4, 0.5) is 5.69 Å². The van der Waals surface area contributed by atoms with Crippen LogP contribution in [0.3, 0.4) is 0 Å². The Kier molecular flexibility index (Phi) is 5.42. The van der Waals surface area contributed by atoms with Gasteiger partial charge in [-0.1, -0.05) is 42.1 Å². The van der Waals surface area contributed by atoms with Crippen LogP contribution >= 0.6 is 11.8 Å². The summed E-state index contributed by atoms with van der Waals surface area (Å²) in [6, 6.07) is 18.5. The van der Waals surface area contributed by atoms with Crippen molar-refractivity contribution in [3.8, 4) is 11.5 Å². The molecular weight excluding hydrogens is 322 g/mol. The molecule has 24 heavy (non-hydrogen) atoms. The molecule has 1 N–H and O–H groups in total. The SMILES string of the molecule is O=C(CSc1ncccn1)Nc1ccccc1Oc1ccccc1. The van der Waals surface area contributed by atoms with E-state index in [0.717, 1.165) is 0 Å². The molecule has 6 heteroatoms. The summed E-state index contributed by atoms with van der Waals surface area (Å²) in [5.74, 6) is 1.39. The highest BCUT2D eigenvalue weighted by molar-refractivity contribution is 7.99. The Morgan fingerprint density at radius 2 is 1.67 bits per heavy atom. The molecule has 0 saturated heterocycles. The van der Waals surface area contributed by atoms with Gasteiger partial charge in [0.05, 0.1) is 11.4 Å². The highest BCUT2D eigenvalue weighted by Crippen LogP contribution is 2.29. The molecule has 0 radical (unpaired) electrons. The largest absolute Gasteiger partial charge is 0.455 e. The first-order valence-corrected chi connectivity index (χ1v) is 8.31. The number of benzene rings is 2. The van der Waals surface area contributed by atoms with Crippen LogP contribution in [-0.2, 0) is 4.79 Å². The van der Waals surface area contributed by atoms with E-state index in [1.54, 1.807) is 24.5 Å². The molecule has 1 amide bonds. The summed E-state index contributed by atoms with van der Waals surface area (Å²) >= 11 is 1.28. The van der Waals surface area contributed by atoms with Crippen molar-refractivity contribution in [1.29, 1.82) is 0 Å². The fourth-order valence-electron chi connectivity index (χ4n) is 1.95. The maximum atomic E-state index is 12.1. The van der Waals surface area contributed by atoms with Crippen LogP contribution in [0.5, 0.6) is 11.5 Å². The Labute approximate surface area is 144 Å². The number of rotatable bonds is 6. The van der Waals surface area contributed by atoms with E-state index in [1.165, 1.54) is 11.8 Å². The van der Waals surface area contributed by atoms with E-state index in [-0.39, 0.29) is 11.7 Å². The van der Waals surface area contributed by atoms with Crippen LogP contribution in [0.25, 0.3) is 0 Å². The molecule has 0 spiro atoms. The second kappa shape index (κ2) is 8.12. The number of carbonyl (C=O) groups excluding carboxylic acids is 1. The quantitative estimate of drug-likeness (QED) is 0.544. The van der Waals surface area contributed by atoms with Crippen molar-refractivity contribution in [3.05, 3.63) is 73.1 Å². The topological polar surface area (TPSA) is 64.1 Å². The van der Waals surface area contributed by atoms with E-state index in [1.807, 2.05) is 48.5 Å². The Morgan fingerprint density at radius 3 is 2.46 bits per heavy atom. The van der Waals surface area contributed by atoms with Gasteiger partial charge in [0.2, 0.25) is 5.91 Å². The first-order valence-electron chi connectivity index (χ1n) is 7.33. The van der Waals surface area contributed by atoms with Crippen LogP contribution in [0.1, 0.15) is 0 Å². The molecule has 0 aliphatic rings. The van der Waals surface area contributed by atoms with Crippen LogP contribution in [0, 0.1) is 0 Å². The lowest BCUT2D eigenvalue weighted by Gasteiger charge is -2.12. The highest BCUT2D eigenvalue weighted by atomic mass is 32.2. The molecule has 1 heterocycles. The minimum atomic E-state index is -0.142. The van der Waals surface area contributed by atoms with Crippen molar-refractivity contribution >= 4 is 23.4 Å². The number of ether oxygens (including phenoxy) is 1. The first kappa shape index (κ1) is 16.0. The molecule has 2 aromatic carbocycles. The van der Waals surface area contributed by atoms with Gasteiger partial charge in [-0.2, -0.15) is 0 Å². The number of para-hydroxylation sites is 3. The first-order chi connectivity index (χ1) is 11.8. The molecule has 0 fully saturated rings. The Morgan fingerprint density at radius 1 is 0.958 bits per heavy atom. The van der Waals surface area contributed by atoms with Crippen molar-refractivity contribution in [2.24, 2.45) is 0 Å². The summed E-state index contributed by atoms with van der Waals surface area (Å²) in [4.78, 5) is 20.3. The molecule has 0 aliphatic carbocycles. The van der Waals surface area contributed by atoms with Gasteiger partial charge in [-0.25, -0.2) is 9.97 Å². The van der Waals surface area contributed by atoms with Crippen LogP contribution in [0.2, 0.25) is 0 Å². The van der Waals surface area contributed by atoms with Crippen molar-refractivity contribution < 1.29 is 9.53 Å². The molecule has 3 rings (SSSR count). The van der Waals surface area contributed by atoms with Crippen LogP contribution in [0.15, 0.2) is 78.2 Å². The summed E-state index contributed by atoms with van der Waals surface area (Å²) in [5.41, 5.74) is 0.626. The summed E-state index contributed by atoms with van der Waals surface area (Å²) in [6.07, 6.45) is 3.30. The summed E-state index contributed by atoms with van der Waals surface area (Å²) < 4.78 is 5.83. The summed E-state index contributed by atoms with van der Waals surface area (Å²) in [6.45, 7) is 0. The number of hydrogen-bond donors (Lipinski definition) is 1. The Bertz CT molecular complexity index is 798. The zero-order chi connectivity index (χ0) is 16.6. The second-order valence-electron chi connectivity index (χ2n) is 4.78. The second-order valence-corrected chi connectivity index (χ2v) is 5.72. The third-order valence-electron chi connectivity index (χ3n) is 3.01. The number of anilines is 1.